The molecule has 0 spiro atoms. The zero-order valence-corrected chi connectivity index (χ0v) is 19.4. The fraction of sp³-hybridized carbons (Fsp3) is 0.208. The Bertz CT molecular complexity index is 1210. The smallest absolute Gasteiger partial charge is 0.264 e. The molecule has 7 nitrogen and oxygen atoms in total. The molecule has 1 amide bonds. The second-order valence-corrected chi connectivity index (χ2v) is 9.69. The minimum Gasteiger partial charge on any atom is -0.378 e. The van der Waals surface area contributed by atoms with E-state index in [-0.39, 0.29) is 17.2 Å². The Morgan fingerprint density at radius 2 is 1.61 bits per heavy atom. The average molecular weight is 486 g/mol. The lowest BCUT2D eigenvalue weighted by molar-refractivity contribution is -0.115. The predicted octanol–water partition coefficient (Wildman–Crippen LogP) is 4.16. The first kappa shape index (κ1) is 23.1. The number of amides is 1. The molecule has 0 bridgehead atoms. The molecule has 4 rings (SSSR count). The minimum absolute atomic E-state index is 0.0804. The Labute approximate surface area is 198 Å². The molecule has 2 N–H and O–H groups in total. The fourth-order valence-electron chi connectivity index (χ4n) is 3.59. The molecule has 33 heavy (non-hydrogen) atoms. The minimum atomic E-state index is -3.95. The topological polar surface area (TPSA) is 87.7 Å². The van der Waals surface area contributed by atoms with Gasteiger partial charge in [0.25, 0.3) is 10.0 Å². The van der Waals surface area contributed by atoms with Crippen molar-refractivity contribution in [1.82, 2.24) is 0 Å². The molecule has 0 atom stereocenters. The lowest BCUT2D eigenvalue weighted by atomic mass is 10.1. The molecule has 172 valence electrons. The summed E-state index contributed by atoms with van der Waals surface area (Å²) in [5.74, 6) is -0.227. The molecule has 0 radical (unpaired) electrons. The van der Waals surface area contributed by atoms with Gasteiger partial charge in [0, 0.05) is 29.5 Å². The van der Waals surface area contributed by atoms with Gasteiger partial charge in [-0.15, -0.1) is 0 Å². The number of carbonyl (C=O) groups excluding carboxylic acids is 1. The van der Waals surface area contributed by atoms with Gasteiger partial charge in [-0.25, -0.2) is 8.42 Å². The molecule has 0 aromatic heterocycles. The van der Waals surface area contributed by atoms with Gasteiger partial charge in [0.15, 0.2) is 0 Å². The number of halogens is 1. The maximum Gasteiger partial charge on any atom is 0.264 e. The summed E-state index contributed by atoms with van der Waals surface area (Å²) in [6.45, 7) is 2.17. The van der Waals surface area contributed by atoms with Crippen LogP contribution in [0.1, 0.15) is 5.56 Å². The third-order valence-corrected chi connectivity index (χ3v) is 6.85. The lowest BCUT2D eigenvalue weighted by Gasteiger charge is -2.30. The number of anilines is 3. The van der Waals surface area contributed by atoms with Crippen molar-refractivity contribution in [3.63, 3.8) is 0 Å². The number of carbonyl (C=O) groups is 1. The highest BCUT2D eigenvalue weighted by Crippen LogP contribution is 2.31. The standard InChI is InChI=1S/C24H24ClN3O4S/c25-19-6-8-20(9-7-19)27-33(30,31)23-17-21(10-11-22(23)28-12-14-32-15-13-28)26-24(29)16-18-4-2-1-3-5-18/h1-11,17,27H,12-16H2,(H,26,29). The third kappa shape index (κ3) is 6.04. The van der Waals surface area contributed by atoms with Gasteiger partial charge in [0.1, 0.15) is 4.90 Å². The summed E-state index contributed by atoms with van der Waals surface area (Å²) in [6, 6.07) is 20.7. The van der Waals surface area contributed by atoms with Gasteiger partial charge in [0.2, 0.25) is 5.91 Å². The van der Waals surface area contributed by atoms with Crippen molar-refractivity contribution < 1.29 is 17.9 Å². The third-order valence-electron chi connectivity index (χ3n) is 5.19. The molecule has 1 heterocycles. The first-order chi connectivity index (χ1) is 15.9. The van der Waals surface area contributed by atoms with Crippen LogP contribution in [-0.4, -0.2) is 40.6 Å². The molecule has 0 aliphatic carbocycles. The van der Waals surface area contributed by atoms with Gasteiger partial charge in [-0.1, -0.05) is 41.9 Å². The van der Waals surface area contributed by atoms with Crippen molar-refractivity contribution >= 4 is 44.6 Å². The second kappa shape index (κ2) is 10.2. The number of sulfonamides is 1. The van der Waals surface area contributed by atoms with E-state index < -0.39 is 10.0 Å². The maximum absolute atomic E-state index is 13.4. The average Bonchev–Trinajstić information content (AvgIpc) is 2.81. The lowest BCUT2D eigenvalue weighted by Crippen LogP contribution is -2.37. The van der Waals surface area contributed by atoms with Crippen LogP contribution >= 0.6 is 11.6 Å². The monoisotopic (exact) mass is 485 g/mol. The van der Waals surface area contributed by atoms with E-state index in [4.69, 9.17) is 16.3 Å². The van der Waals surface area contributed by atoms with E-state index in [2.05, 4.69) is 10.0 Å². The van der Waals surface area contributed by atoms with Gasteiger partial charge in [-0.05, 0) is 48.0 Å². The van der Waals surface area contributed by atoms with Crippen molar-refractivity contribution in [3.05, 3.63) is 83.4 Å². The molecule has 1 fully saturated rings. The van der Waals surface area contributed by atoms with Crippen molar-refractivity contribution in [2.75, 3.05) is 41.2 Å². The SMILES string of the molecule is O=C(Cc1ccccc1)Nc1ccc(N2CCOCC2)c(S(=O)(=O)Nc2ccc(Cl)cc2)c1. The summed E-state index contributed by atoms with van der Waals surface area (Å²) >= 11 is 5.92. The van der Waals surface area contributed by atoms with E-state index in [1.54, 1.807) is 36.4 Å². The summed E-state index contributed by atoms with van der Waals surface area (Å²) in [6.07, 6.45) is 0.192. The highest BCUT2D eigenvalue weighted by atomic mass is 35.5. The second-order valence-electron chi connectivity index (χ2n) is 7.60. The zero-order valence-electron chi connectivity index (χ0n) is 17.8. The predicted molar refractivity (Wildman–Crippen MR) is 131 cm³/mol. The number of benzene rings is 3. The first-order valence-corrected chi connectivity index (χ1v) is 12.4. The molecular formula is C24H24ClN3O4S. The van der Waals surface area contributed by atoms with Crippen molar-refractivity contribution in [3.8, 4) is 0 Å². The van der Waals surface area contributed by atoms with Crippen LogP contribution in [0.15, 0.2) is 77.7 Å². The normalized spacial score (nSPS) is 14.0. The molecule has 3 aromatic rings. The van der Waals surface area contributed by atoms with Crippen LogP contribution in [-0.2, 0) is 26.0 Å². The number of hydrogen-bond acceptors (Lipinski definition) is 5. The Kier molecular flexibility index (Phi) is 7.17. The van der Waals surface area contributed by atoms with Gasteiger partial charge in [0.05, 0.1) is 25.3 Å². The highest BCUT2D eigenvalue weighted by molar-refractivity contribution is 7.92. The number of nitrogens with zero attached hydrogens (tertiary/aromatic N) is 1. The molecule has 1 saturated heterocycles. The molecule has 1 aliphatic rings. The largest absolute Gasteiger partial charge is 0.378 e. The van der Waals surface area contributed by atoms with Crippen LogP contribution in [0.2, 0.25) is 5.02 Å². The van der Waals surface area contributed by atoms with E-state index in [9.17, 15) is 13.2 Å². The van der Waals surface area contributed by atoms with E-state index in [0.29, 0.717) is 48.4 Å². The molecule has 0 unspecified atom stereocenters. The van der Waals surface area contributed by atoms with Crippen molar-refractivity contribution in [1.29, 1.82) is 0 Å². The summed E-state index contributed by atoms with van der Waals surface area (Å²) in [5.41, 5.74) is 2.23. The molecule has 0 saturated carbocycles. The Morgan fingerprint density at radius 1 is 0.939 bits per heavy atom. The van der Waals surface area contributed by atoms with Crippen LogP contribution in [0.3, 0.4) is 0 Å². The van der Waals surface area contributed by atoms with Crippen LogP contribution < -0.4 is 14.9 Å². The Balaban J connectivity index is 1.62. The first-order valence-electron chi connectivity index (χ1n) is 10.5. The van der Waals surface area contributed by atoms with Crippen molar-refractivity contribution in [2.45, 2.75) is 11.3 Å². The molecule has 1 aliphatic heterocycles. The van der Waals surface area contributed by atoms with Gasteiger partial charge in [-0.2, -0.15) is 0 Å². The molecule has 3 aromatic carbocycles. The van der Waals surface area contributed by atoms with E-state index in [1.165, 1.54) is 6.07 Å². The number of hydrogen-bond donors (Lipinski definition) is 2. The Hall–Kier alpha value is -3.07. The van der Waals surface area contributed by atoms with Gasteiger partial charge >= 0.3 is 0 Å². The van der Waals surface area contributed by atoms with Gasteiger partial charge in [-0.3, -0.25) is 9.52 Å². The van der Waals surface area contributed by atoms with E-state index in [1.807, 2.05) is 35.2 Å². The number of rotatable bonds is 7. The van der Waals surface area contributed by atoms with Crippen LogP contribution in [0.4, 0.5) is 17.1 Å². The number of ether oxygens (including phenoxy) is 1. The van der Waals surface area contributed by atoms with Crippen molar-refractivity contribution in [2.24, 2.45) is 0 Å². The van der Waals surface area contributed by atoms with E-state index in [0.717, 1.165) is 5.56 Å². The summed E-state index contributed by atoms with van der Waals surface area (Å²) in [4.78, 5) is 14.6. The molecule has 9 heteroatoms. The Morgan fingerprint density at radius 3 is 2.30 bits per heavy atom. The zero-order chi connectivity index (χ0) is 23.3. The number of nitrogens with one attached hydrogen (secondary N) is 2. The van der Waals surface area contributed by atoms with Gasteiger partial charge < -0.3 is 15.0 Å². The van der Waals surface area contributed by atoms with Crippen LogP contribution in [0.25, 0.3) is 0 Å². The maximum atomic E-state index is 13.4. The van der Waals surface area contributed by atoms with Crippen LogP contribution in [0.5, 0.6) is 0 Å². The summed E-state index contributed by atoms with van der Waals surface area (Å²) in [7, 11) is -3.95. The number of morpholine rings is 1. The highest BCUT2D eigenvalue weighted by Gasteiger charge is 2.24. The summed E-state index contributed by atoms with van der Waals surface area (Å²) < 4.78 is 34.7. The summed E-state index contributed by atoms with van der Waals surface area (Å²) in [5, 5.41) is 3.32. The van der Waals surface area contributed by atoms with E-state index >= 15 is 0 Å². The van der Waals surface area contributed by atoms with Crippen LogP contribution in [0, 0.1) is 0 Å². The quantitative estimate of drug-likeness (QED) is 0.524. The fourth-order valence-corrected chi connectivity index (χ4v) is 5.02. The molecular weight excluding hydrogens is 462 g/mol.